The van der Waals surface area contributed by atoms with Crippen LogP contribution in [-0.4, -0.2) is 54.5 Å². The summed E-state index contributed by atoms with van der Waals surface area (Å²) in [5, 5.41) is 5.36. The molecule has 1 aliphatic heterocycles. The van der Waals surface area contributed by atoms with Crippen molar-refractivity contribution >= 4 is 15.7 Å². The van der Waals surface area contributed by atoms with Crippen LogP contribution < -0.4 is 14.8 Å². The summed E-state index contributed by atoms with van der Waals surface area (Å²) in [4.78, 5) is 0.700. The van der Waals surface area contributed by atoms with Crippen LogP contribution in [-0.2, 0) is 25.7 Å². The number of piperidine rings is 1. The number of sulfonamides is 1. The maximum absolute atomic E-state index is 14.4. The molecule has 3 aromatic carbocycles. The molecule has 1 aliphatic rings. The Labute approximate surface area is 238 Å². The van der Waals surface area contributed by atoms with E-state index in [4.69, 9.17) is 19.3 Å². The third-order valence-electron chi connectivity index (χ3n) is 6.79. The molecule has 0 aromatic heterocycles. The van der Waals surface area contributed by atoms with E-state index < -0.39 is 56.0 Å². The first-order chi connectivity index (χ1) is 19.8. The molecule has 2 N–H and O–H groups in total. The Hall–Kier alpha value is -3.33. The Kier molecular flexibility index (Phi) is 9.70. The van der Waals surface area contributed by atoms with Gasteiger partial charge in [-0.3, -0.25) is 0 Å². The van der Waals surface area contributed by atoms with Crippen LogP contribution in [0.25, 0.3) is 22.3 Å². The number of methoxy groups -OCH3 is 1. The van der Waals surface area contributed by atoms with E-state index in [1.165, 1.54) is 31.4 Å². The van der Waals surface area contributed by atoms with Gasteiger partial charge in [-0.1, -0.05) is 18.2 Å². The maximum atomic E-state index is 14.4. The lowest BCUT2D eigenvalue weighted by Crippen LogP contribution is -2.37. The van der Waals surface area contributed by atoms with Crippen LogP contribution in [0.2, 0.25) is 0 Å². The molecule has 1 heterocycles. The molecule has 0 bridgehead atoms. The van der Waals surface area contributed by atoms with Crippen LogP contribution in [0.3, 0.4) is 0 Å². The van der Waals surface area contributed by atoms with Crippen molar-refractivity contribution in [1.29, 1.82) is 0 Å². The molecule has 0 atom stereocenters. The van der Waals surface area contributed by atoms with Gasteiger partial charge < -0.3 is 19.1 Å². The van der Waals surface area contributed by atoms with Crippen molar-refractivity contribution in [2.24, 2.45) is 5.14 Å². The standard InChI is InChI=1S/C28H28F6N2O5S/c1-39-14-15-40-19-10-12-36(13-11-19)22-9-8-20(17-4-2-5-18(29)16-17)26(41-27(30)31)25(22)24-21(28(32,33)34)6-3-7-23(24)42(35,37)38/h2-9,16,19,27H,10-15H2,1H3,(H2,35,37,38). The summed E-state index contributed by atoms with van der Waals surface area (Å²) in [5.41, 5.74) is -3.09. The molecule has 7 nitrogen and oxygen atoms in total. The fourth-order valence-electron chi connectivity index (χ4n) is 5.00. The van der Waals surface area contributed by atoms with Crippen LogP contribution in [0.15, 0.2) is 59.5 Å². The maximum Gasteiger partial charge on any atom is 0.417 e. The van der Waals surface area contributed by atoms with Crippen molar-refractivity contribution in [3.05, 3.63) is 66.0 Å². The van der Waals surface area contributed by atoms with E-state index in [1.54, 1.807) is 4.90 Å². The Morgan fingerprint density at radius 1 is 1.00 bits per heavy atom. The summed E-state index contributed by atoms with van der Waals surface area (Å²) in [5.74, 6) is -1.49. The van der Waals surface area contributed by atoms with E-state index in [2.05, 4.69) is 0 Å². The molecule has 0 aliphatic carbocycles. The monoisotopic (exact) mass is 618 g/mol. The first-order valence-corrected chi connectivity index (χ1v) is 14.3. The molecule has 0 radical (unpaired) electrons. The third-order valence-corrected chi connectivity index (χ3v) is 7.74. The number of hydrogen-bond acceptors (Lipinski definition) is 6. The van der Waals surface area contributed by atoms with Crippen molar-refractivity contribution in [1.82, 2.24) is 0 Å². The zero-order valence-corrected chi connectivity index (χ0v) is 23.2. The van der Waals surface area contributed by atoms with E-state index in [0.29, 0.717) is 32.1 Å². The summed E-state index contributed by atoms with van der Waals surface area (Å²) in [6.07, 6.45) is -4.44. The van der Waals surface area contributed by atoms with Gasteiger partial charge in [0, 0.05) is 37.0 Å². The van der Waals surface area contributed by atoms with Gasteiger partial charge in [0.05, 0.1) is 35.3 Å². The third kappa shape index (κ3) is 7.17. The minimum atomic E-state index is -5.12. The molecule has 1 fully saturated rings. The molecule has 0 spiro atoms. The fourth-order valence-corrected chi connectivity index (χ4v) is 5.76. The van der Waals surface area contributed by atoms with Crippen LogP contribution in [0, 0.1) is 5.82 Å². The smallest absolute Gasteiger partial charge is 0.417 e. The van der Waals surface area contributed by atoms with E-state index in [9.17, 15) is 34.8 Å². The fraction of sp³-hybridized carbons (Fsp3) is 0.357. The second kappa shape index (κ2) is 12.9. The molecule has 4 rings (SSSR count). The highest BCUT2D eigenvalue weighted by Gasteiger charge is 2.39. The molecule has 1 saturated heterocycles. The van der Waals surface area contributed by atoms with Crippen LogP contribution >= 0.6 is 0 Å². The van der Waals surface area contributed by atoms with Gasteiger partial charge in [0.25, 0.3) is 0 Å². The van der Waals surface area contributed by atoms with Crippen LogP contribution in [0.4, 0.5) is 32.0 Å². The summed E-state index contributed by atoms with van der Waals surface area (Å²) >= 11 is 0. The number of rotatable bonds is 10. The predicted octanol–water partition coefficient (Wildman–Crippen LogP) is 6.06. The summed E-state index contributed by atoms with van der Waals surface area (Å²) in [6, 6.07) is 9.79. The molecular formula is C28H28F6N2O5S. The Morgan fingerprint density at radius 3 is 2.29 bits per heavy atom. The van der Waals surface area contributed by atoms with Gasteiger partial charge in [-0.2, -0.15) is 22.0 Å². The van der Waals surface area contributed by atoms with Gasteiger partial charge in [0.1, 0.15) is 11.6 Å². The Balaban J connectivity index is 2.02. The molecule has 228 valence electrons. The van der Waals surface area contributed by atoms with Gasteiger partial charge in [-0.05, 0) is 54.8 Å². The summed E-state index contributed by atoms with van der Waals surface area (Å²) in [6.45, 7) is -2.36. The number of ether oxygens (including phenoxy) is 3. The van der Waals surface area contributed by atoms with E-state index in [-0.39, 0.29) is 36.0 Å². The van der Waals surface area contributed by atoms with Crippen molar-refractivity contribution in [3.63, 3.8) is 0 Å². The molecule has 14 heteroatoms. The van der Waals surface area contributed by atoms with Crippen LogP contribution in [0.5, 0.6) is 5.75 Å². The summed E-state index contributed by atoms with van der Waals surface area (Å²) in [7, 11) is -3.29. The average Bonchev–Trinajstić information content (AvgIpc) is 2.92. The number of alkyl halides is 5. The van der Waals surface area contributed by atoms with E-state index >= 15 is 0 Å². The second-order valence-electron chi connectivity index (χ2n) is 9.50. The number of primary sulfonamides is 1. The zero-order chi connectivity index (χ0) is 30.7. The normalized spacial score (nSPS) is 14.9. The quantitative estimate of drug-likeness (QED) is 0.220. The minimum Gasteiger partial charge on any atom is -0.433 e. The predicted molar refractivity (Wildman–Crippen MR) is 143 cm³/mol. The van der Waals surface area contributed by atoms with E-state index in [0.717, 1.165) is 24.3 Å². The number of benzene rings is 3. The van der Waals surface area contributed by atoms with E-state index in [1.807, 2.05) is 0 Å². The Bertz CT molecular complexity index is 1510. The molecule has 0 amide bonds. The minimum absolute atomic E-state index is 0.00254. The molecule has 0 unspecified atom stereocenters. The highest BCUT2D eigenvalue weighted by atomic mass is 32.2. The first-order valence-electron chi connectivity index (χ1n) is 12.8. The number of nitrogens with zero attached hydrogens (tertiary/aromatic N) is 1. The highest BCUT2D eigenvalue weighted by molar-refractivity contribution is 7.89. The first kappa shape index (κ1) is 31.6. The molecule has 3 aromatic rings. The lowest BCUT2D eigenvalue weighted by Gasteiger charge is -2.36. The number of halogens is 6. The molecular weight excluding hydrogens is 590 g/mol. The topological polar surface area (TPSA) is 91.1 Å². The molecule has 0 saturated carbocycles. The van der Waals surface area contributed by atoms with Crippen molar-refractivity contribution in [3.8, 4) is 28.0 Å². The lowest BCUT2D eigenvalue weighted by molar-refractivity contribution is -0.137. The average molecular weight is 619 g/mol. The number of hydrogen-bond donors (Lipinski definition) is 1. The van der Waals surface area contributed by atoms with Crippen molar-refractivity contribution in [2.75, 3.05) is 38.3 Å². The second-order valence-corrected chi connectivity index (χ2v) is 11.0. The van der Waals surface area contributed by atoms with Crippen molar-refractivity contribution in [2.45, 2.75) is 36.6 Å². The zero-order valence-electron chi connectivity index (χ0n) is 22.3. The summed E-state index contributed by atoms with van der Waals surface area (Å²) < 4.78 is 126. The lowest BCUT2D eigenvalue weighted by atomic mass is 9.91. The van der Waals surface area contributed by atoms with Gasteiger partial charge in [0.2, 0.25) is 10.0 Å². The largest absolute Gasteiger partial charge is 0.433 e. The SMILES string of the molecule is COCCOC1CCN(c2ccc(-c3cccc(F)c3)c(OC(F)F)c2-c2c(C(F)(F)F)cccc2S(N)(=O)=O)CC1. The number of anilines is 1. The number of nitrogens with two attached hydrogens (primary N) is 1. The Morgan fingerprint density at radius 2 is 1.69 bits per heavy atom. The van der Waals surface area contributed by atoms with Gasteiger partial charge >= 0.3 is 12.8 Å². The van der Waals surface area contributed by atoms with Gasteiger partial charge in [0.15, 0.2) is 0 Å². The highest BCUT2D eigenvalue weighted by Crippen LogP contribution is 2.51. The van der Waals surface area contributed by atoms with Gasteiger partial charge in [-0.15, -0.1) is 0 Å². The van der Waals surface area contributed by atoms with Crippen molar-refractivity contribution < 1.29 is 49.0 Å². The molecule has 42 heavy (non-hydrogen) atoms. The van der Waals surface area contributed by atoms with Gasteiger partial charge in [-0.25, -0.2) is 17.9 Å². The van der Waals surface area contributed by atoms with Crippen LogP contribution in [0.1, 0.15) is 18.4 Å².